The molecule has 0 aromatic carbocycles. The zero-order valence-electron chi connectivity index (χ0n) is 17.4. The molecule has 5 atom stereocenters. The second kappa shape index (κ2) is 7.38. The van der Waals surface area contributed by atoms with Gasteiger partial charge in [0.15, 0.2) is 0 Å². The van der Waals surface area contributed by atoms with Gasteiger partial charge >= 0.3 is 5.97 Å². The van der Waals surface area contributed by atoms with Crippen molar-refractivity contribution >= 4 is 11.9 Å². The molecule has 4 aliphatic rings. The van der Waals surface area contributed by atoms with Gasteiger partial charge in [0.2, 0.25) is 5.95 Å². The largest absolute Gasteiger partial charge is 0.462 e. The van der Waals surface area contributed by atoms with Crippen LogP contribution in [0.2, 0.25) is 0 Å². The monoisotopic (exact) mass is 396 g/mol. The first kappa shape index (κ1) is 19.0. The maximum Gasteiger partial charge on any atom is 0.310 e. The molecule has 3 heterocycles. The highest BCUT2D eigenvalue weighted by molar-refractivity contribution is 5.75. The van der Waals surface area contributed by atoms with Crippen molar-refractivity contribution in [1.82, 2.24) is 14.9 Å². The van der Waals surface area contributed by atoms with Crippen molar-refractivity contribution < 1.29 is 9.53 Å². The molecule has 156 valence electrons. The minimum atomic E-state index is 0.0128. The van der Waals surface area contributed by atoms with Crippen LogP contribution in [0.1, 0.15) is 39.0 Å². The zero-order valence-corrected chi connectivity index (χ0v) is 17.4. The summed E-state index contributed by atoms with van der Waals surface area (Å²) >= 11 is 0. The fourth-order valence-corrected chi connectivity index (χ4v) is 6.33. The van der Waals surface area contributed by atoms with Crippen molar-refractivity contribution in [1.29, 1.82) is 0 Å². The Morgan fingerprint density at radius 2 is 2.00 bits per heavy atom. The van der Waals surface area contributed by atoms with Gasteiger partial charge in [0.1, 0.15) is 6.10 Å². The van der Waals surface area contributed by atoms with Crippen molar-refractivity contribution in [2.45, 2.75) is 45.1 Å². The number of hydrogen-bond acceptors (Lipinski definition) is 6. The third-order valence-corrected chi connectivity index (χ3v) is 7.98. The second-order valence-electron chi connectivity index (χ2n) is 9.74. The van der Waals surface area contributed by atoms with Crippen molar-refractivity contribution in [3.05, 3.63) is 30.6 Å². The van der Waals surface area contributed by atoms with Crippen LogP contribution in [0, 0.1) is 23.2 Å². The maximum absolute atomic E-state index is 12.8. The smallest absolute Gasteiger partial charge is 0.310 e. The predicted molar refractivity (Wildman–Crippen MR) is 111 cm³/mol. The lowest BCUT2D eigenvalue weighted by Gasteiger charge is -2.50. The van der Waals surface area contributed by atoms with Crippen LogP contribution in [0.15, 0.2) is 30.6 Å². The standard InChI is InChI=1S/C23H32N4O2/c1-16-5-3-6-23(2)14-20-17(13-19(16)23)18(21(28)29-20)15-26-9-11-27(12-10-26)22-24-7-4-8-25-22/h4,7-8,17-20H,1,3,5-6,9-15H2,2H3/t17-,18-,19+,20-,23-/m1/s1. The first-order valence-electron chi connectivity index (χ1n) is 11.2. The molecule has 4 fully saturated rings. The third-order valence-electron chi connectivity index (χ3n) is 7.98. The summed E-state index contributed by atoms with van der Waals surface area (Å²) in [6, 6.07) is 1.85. The molecule has 0 amide bonds. The van der Waals surface area contributed by atoms with Gasteiger partial charge in [0.05, 0.1) is 5.92 Å². The summed E-state index contributed by atoms with van der Waals surface area (Å²) in [5.41, 5.74) is 1.68. The summed E-state index contributed by atoms with van der Waals surface area (Å²) in [6.45, 7) is 11.3. The van der Waals surface area contributed by atoms with Crippen LogP contribution in [0.25, 0.3) is 0 Å². The van der Waals surface area contributed by atoms with Crippen molar-refractivity contribution in [2.75, 3.05) is 37.6 Å². The fourth-order valence-electron chi connectivity index (χ4n) is 6.33. The molecule has 2 saturated carbocycles. The Balaban J connectivity index is 1.23. The molecule has 2 saturated heterocycles. The van der Waals surface area contributed by atoms with Gasteiger partial charge in [0.25, 0.3) is 0 Å². The summed E-state index contributed by atoms with van der Waals surface area (Å²) in [5.74, 6) is 1.75. The van der Waals surface area contributed by atoms with Gasteiger partial charge in [-0.15, -0.1) is 0 Å². The van der Waals surface area contributed by atoms with E-state index in [0.717, 1.165) is 57.9 Å². The Hall–Kier alpha value is -1.95. The Morgan fingerprint density at radius 3 is 2.76 bits per heavy atom. The lowest BCUT2D eigenvalue weighted by atomic mass is 9.55. The Morgan fingerprint density at radius 1 is 1.24 bits per heavy atom. The number of piperazine rings is 1. The minimum Gasteiger partial charge on any atom is -0.462 e. The van der Waals surface area contributed by atoms with Crippen LogP contribution in [-0.4, -0.2) is 59.7 Å². The fraction of sp³-hybridized carbons (Fsp3) is 0.696. The SMILES string of the molecule is C=C1CCC[C@]2(C)C[C@H]3OC(=O)[C@H](CN4CCN(c5ncccn5)CC4)[C@H]3C[C@@H]12. The Bertz CT molecular complexity index is 776. The van der Waals surface area contributed by atoms with Gasteiger partial charge in [-0.05, 0) is 49.5 Å². The highest BCUT2D eigenvalue weighted by atomic mass is 16.6. The van der Waals surface area contributed by atoms with Crippen LogP contribution in [0.4, 0.5) is 5.95 Å². The molecule has 5 rings (SSSR count). The number of carbonyl (C=O) groups is 1. The molecule has 6 heteroatoms. The summed E-state index contributed by atoms with van der Waals surface area (Å²) in [4.78, 5) is 26.2. The van der Waals surface area contributed by atoms with E-state index in [9.17, 15) is 4.79 Å². The van der Waals surface area contributed by atoms with Gasteiger partial charge in [-0.3, -0.25) is 9.69 Å². The number of fused-ring (bicyclic) bond motifs is 2. The number of anilines is 1. The highest BCUT2D eigenvalue weighted by Crippen LogP contribution is 2.56. The zero-order chi connectivity index (χ0) is 20.0. The molecular formula is C23H32N4O2. The van der Waals surface area contributed by atoms with E-state index in [0.29, 0.717) is 11.8 Å². The molecule has 0 N–H and O–H groups in total. The average Bonchev–Trinajstić information content (AvgIpc) is 3.01. The van der Waals surface area contributed by atoms with Gasteiger partial charge in [-0.2, -0.15) is 0 Å². The van der Waals surface area contributed by atoms with E-state index in [4.69, 9.17) is 4.74 Å². The van der Waals surface area contributed by atoms with Crippen LogP contribution in [0.5, 0.6) is 0 Å². The molecule has 2 aliphatic carbocycles. The molecule has 0 bridgehead atoms. The number of rotatable bonds is 3. The molecule has 0 radical (unpaired) electrons. The molecule has 2 aliphatic heterocycles. The normalized spacial score (nSPS) is 37.8. The molecular weight excluding hydrogens is 364 g/mol. The average molecular weight is 397 g/mol. The van der Waals surface area contributed by atoms with E-state index in [2.05, 4.69) is 33.3 Å². The van der Waals surface area contributed by atoms with Crippen LogP contribution in [0.3, 0.4) is 0 Å². The highest BCUT2D eigenvalue weighted by Gasteiger charge is 2.55. The van der Waals surface area contributed by atoms with E-state index in [-0.39, 0.29) is 23.4 Å². The Labute approximate surface area is 173 Å². The number of hydrogen-bond donors (Lipinski definition) is 0. The number of nitrogens with zero attached hydrogens (tertiary/aromatic N) is 4. The van der Waals surface area contributed by atoms with E-state index in [1.54, 1.807) is 12.4 Å². The van der Waals surface area contributed by atoms with Gasteiger partial charge < -0.3 is 9.64 Å². The van der Waals surface area contributed by atoms with Crippen LogP contribution < -0.4 is 4.90 Å². The third kappa shape index (κ3) is 3.45. The van der Waals surface area contributed by atoms with Crippen molar-refractivity contribution in [2.24, 2.45) is 23.2 Å². The predicted octanol–water partition coefficient (Wildman–Crippen LogP) is 2.91. The van der Waals surface area contributed by atoms with E-state index < -0.39 is 0 Å². The maximum atomic E-state index is 12.8. The number of ether oxygens (including phenoxy) is 1. The van der Waals surface area contributed by atoms with Crippen LogP contribution >= 0.6 is 0 Å². The van der Waals surface area contributed by atoms with E-state index in [1.165, 1.54) is 18.4 Å². The number of esters is 1. The van der Waals surface area contributed by atoms with Crippen LogP contribution in [-0.2, 0) is 9.53 Å². The summed E-state index contributed by atoms with van der Waals surface area (Å²) in [6.07, 6.45) is 9.41. The molecule has 6 nitrogen and oxygen atoms in total. The number of aromatic nitrogens is 2. The van der Waals surface area contributed by atoms with Crippen molar-refractivity contribution in [3.8, 4) is 0 Å². The molecule has 1 aromatic heterocycles. The Kier molecular flexibility index (Phi) is 4.85. The van der Waals surface area contributed by atoms with Gasteiger partial charge in [-0.25, -0.2) is 9.97 Å². The van der Waals surface area contributed by atoms with Crippen molar-refractivity contribution in [3.63, 3.8) is 0 Å². The first-order valence-corrected chi connectivity index (χ1v) is 11.2. The van der Waals surface area contributed by atoms with Gasteiger partial charge in [0, 0.05) is 51.0 Å². The summed E-state index contributed by atoms with van der Waals surface area (Å²) in [7, 11) is 0. The lowest BCUT2D eigenvalue weighted by Crippen LogP contribution is -2.50. The molecule has 1 aromatic rings. The molecule has 0 unspecified atom stereocenters. The molecule has 0 spiro atoms. The quantitative estimate of drug-likeness (QED) is 0.578. The summed E-state index contributed by atoms with van der Waals surface area (Å²) in [5, 5.41) is 0. The number of carbonyl (C=O) groups excluding carboxylic acids is 1. The van der Waals surface area contributed by atoms with E-state index >= 15 is 0 Å². The topological polar surface area (TPSA) is 58.6 Å². The summed E-state index contributed by atoms with van der Waals surface area (Å²) < 4.78 is 5.93. The van der Waals surface area contributed by atoms with E-state index in [1.807, 2.05) is 6.07 Å². The number of allylic oxidation sites excluding steroid dienone is 1. The lowest BCUT2D eigenvalue weighted by molar-refractivity contribution is -0.146. The second-order valence-corrected chi connectivity index (χ2v) is 9.74. The molecule has 29 heavy (non-hydrogen) atoms. The first-order chi connectivity index (χ1) is 14.0. The van der Waals surface area contributed by atoms with Gasteiger partial charge in [-0.1, -0.05) is 19.1 Å². The minimum absolute atomic E-state index is 0.0128.